The number of amides is 1. The first-order valence-corrected chi connectivity index (χ1v) is 6.78. The van der Waals surface area contributed by atoms with Crippen LogP contribution in [0.2, 0.25) is 0 Å². The lowest BCUT2D eigenvalue weighted by atomic mass is 10.1. The second kappa shape index (κ2) is 7.51. The summed E-state index contributed by atoms with van der Waals surface area (Å²) in [6.45, 7) is 0.242. The van der Waals surface area contributed by atoms with E-state index < -0.39 is 11.9 Å². The van der Waals surface area contributed by atoms with Gasteiger partial charge in [-0.05, 0) is 23.8 Å². The van der Waals surface area contributed by atoms with Gasteiger partial charge in [0.2, 0.25) is 11.8 Å². The molecule has 5 nitrogen and oxygen atoms in total. The van der Waals surface area contributed by atoms with Gasteiger partial charge in [0.1, 0.15) is 5.82 Å². The maximum absolute atomic E-state index is 13.1. The van der Waals surface area contributed by atoms with Crippen LogP contribution in [-0.2, 0) is 11.3 Å². The van der Waals surface area contributed by atoms with Gasteiger partial charge in [0.25, 0.3) is 0 Å². The normalized spacial score (nSPS) is 11.8. The number of benzene rings is 1. The number of hydrogen-bond donors (Lipinski definition) is 2. The predicted octanol–water partition coefficient (Wildman–Crippen LogP) is 1.97. The van der Waals surface area contributed by atoms with E-state index in [4.69, 9.17) is 4.74 Å². The van der Waals surface area contributed by atoms with Crippen molar-refractivity contribution >= 4 is 5.91 Å². The molecule has 116 valence electrons. The molecule has 2 N–H and O–H groups in total. The topological polar surface area (TPSA) is 71.5 Å². The lowest BCUT2D eigenvalue weighted by Gasteiger charge is -2.12. The molecule has 1 aromatic heterocycles. The number of carbonyl (C=O) groups is 1. The van der Waals surface area contributed by atoms with Gasteiger partial charge in [0, 0.05) is 18.3 Å². The number of hydrogen-bond acceptors (Lipinski definition) is 4. The summed E-state index contributed by atoms with van der Waals surface area (Å²) in [4.78, 5) is 15.9. The quantitative estimate of drug-likeness (QED) is 0.856. The van der Waals surface area contributed by atoms with Gasteiger partial charge in [0.05, 0.1) is 19.6 Å². The fraction of sp³-hybridized carbons (Fsp3) is 0.250. The van der Waals surface area contributed by atoms with Crippen molar-refractivity contribution < 1.29 is 19.0 Å². The second-order valence-electron chi connectivity index (χ2n) is 4.72. The molecule has 6 heteroatoms. The SMILES string of the molecule is COc1ncccc1CNC(=O)CC(O)c1cccc(F)c1. The Bertz CT molecular complexity index is 649. The zero-order valence-electron chi connectivity index (χ0n) is 12.1. The Morgan fingerprint density at radius 1 is 1.41 bits per heavy atom. The fourth-order valence-corrected chi connectivity index (χ4v) is 2.02. The summed E-state index contributed by atoms with van der Waals surface area (Å²) in [5.74, 6) is -0.354. The molecular formula is C16H17FN2O3. The summed E-state index contributed by atoms with van der Waals surface area (Å²) in [5.41, 5.74) is 1.10. The molecule has 0 bridgehead atoms. The van der Waals surface area contributed by atoms with Crippen molar-refractivity contribution in [1.82, 2.24) is 10.3 Å². The molecule has 0 saturated heterocycles. The molecule has 0 aliphatic rings. The molecule has 1 atom stereocenters. The molecule has 2 aromatic rings. The van der Waals surface area contributed by atoms with Crippen molar-refractivity contribution in [1.29, 1.82) is 0 Å². The number of aliphatic hydroxyl groups is 1. The Labute approximate surface area is 127 Å². The molecule has 1 unspecified atom stereocenters. The van der Waals surface area contributed by atoms with Crippen LogP contribution in [0.25, 0.3) is 0 Å². The van der Waals surface area contributed by atoms with Crippen LogP contribution in [0, 0.1) is 5.82 Å². The first kappa shape index (κ1) is 15.9. The minimum Gasteiger partial charge on any atom is -0.481 e. The van der Waals surface area contributed by atoms with Crippen molar-refractivity contribution in [3.05, 3.63) is 59.5 Å². The van der Waals surface area contributed by atoms with Gasteiger partial charge in [-0.1, -0.05) is 18.2 Å². The Hall–Kier alpha value is -2.47. The smallest absolute Gasteiger partial charge is 0.223 e. The summed E-state index contributed by atoms with van der Waals surface area (Å²) in [7, 11) is 1.50. The highest BCUT2D eigenvalue weighted by Gasteiger charge is 2.14. The molecule has 0 radical (unpaired) electrons. The van der Waals surface area contributed by atoms with E-state index in [2.05, 4.69) is 10.3 Å². The number of rotatable bonds is 6. The van der Waals surface area contributed by atoms with Gasteiger partial charge in [0.15, 0.2) is 0 Å². The molecule has 0 fully saturated rings. The average molecular weight is 304 g/mol. The minimum absolute atomic E-state index is 0.147. The van der Waals surface area contributed by atoms with Crippen LogP contribution in [0.4, 0.5) is 4.39 Å². The first-order chi connectivity index (χ1) is 10.6. The van der Waals surface area contributed by atoms with E-state index in [1.165, 1.54) is 25.3 Å². The lowest BCUT2D eigenvalue weighted by molar-refractivity contribution is -0.123. The summed E-state index contributed by atoms with van der Waals surface area (Å²) < 4.78 is 18.2. The monoisotopic (exact) mass is 304 g/mol. The van der Waals surface area contributed by atoms with Gasteiger partial charge in [-0.3, -0.25) is 4.79 Å². The second-order valence-corrected chi connectivity index (χ2v) is 4.72. The highest BCUT2D eigenvalue weighted by Crippen LogP contribution is 2.18. The van der Waals surface area contributed by atoms with Crippen LogP contribution >= 0.6 is 0 Å². The molecule has 1 aromatic carbocycles. The molecule has 0 aliphatic carbocycles. The summed E-state index contributed by atoms with van der Waals surface area (Å²) in [6, 6.07) is 9.09. The Morgan fingerprint density at radius 2 is 2.23 bits per heavy atom. The van der Waals surface area contributed by atoms with Gasteiger partial charge in [-0.25, -0.2) is 9.37 Å². The largest absolute Gasteiger partial charge is 0.481 e. The minimum atomic E-state index is -1.05. The third-order valence-corrected chi connectivity index (χ3v) is 3.13. The number of carbonyl (C=O) groups excluding carboxylic acids is 1. The van der Waals surface area contributed by atoms with Crippen LogP contribution in [0.15, 0.2) is 42.6 Å². The highest BCUT2D eigenvalue weighted by molar-refractivity contribution is 5.76. The van der Waals surface area contributed by atoms with Crippen molar-refractivity contribution in [2.75, 3.05) is 7.11 Å². The van der Waals surface area contributed by atoms with Crippen LogP contribution in [0.1, 0.15) is 23.7 Å². The molecule has 0 spiro atoms. The number of nitrogens with one attached hydrogen (secondary N) is 1. The van der Waals surface area contributed by atoms with Crippen LogP contribution < -0.4 is 10.1 Å². The molecule has 1 heterocycles. The van der Waals surface area contributed by atoms with Crippen LogP contribution in [0.3, 0.4) is 0 Å². The summed E-state index contributed by atoms with van der Waals surface area (Å²) in [6.07, 6.45) is 0.399. The third kappa shape index (κ3) is 4.26. The molecule has 2 rings (SSSR count). The number of halogens is 1. The van der Waals surface area contributed by atoms with Gasteiger partial charge < -0.3 is 15.2 Å². The fourth-order valence-electron chi connectivity index (χ4n) is 2.02. The summed E-state index contributed by atoms with van der Waals surface area (Å²) in [5, 5.41) is 12.6. The lowest BCUT2D eigenvalue weighted by Crippen LogP contribution is -2.25. The highest BCUT2D eigenvalue weighted by atomic mass is 19.1. The Balaban J connectivity index is 1.90. The van der Waals surface area contributed by atoms with Gasteiger partial charge >= 0.3 is 0 Å². The van der Waals surface area contributed by atoms with E-state index in [-0.39, 0.29) is 18.9 Å². The van der Waals surface area contributed by atoms with Gasteiger partial charge in [-0.15, -0.1) is 0 Å². The van der Waals surface area contributed by atoms with Crippen LogP contribution in [-0.4, -0.2) is 23.1 Å². The Kier molecular flexibility index (Phi) is 5.43. The number of ether oxygens (including phenoxy) is 1. The zero-order valence-corrected chi connectivity index (χ0v) is 12.1. The predicted molar refractivity (Wildman–Crippen MR) is 78.6 cm³/mol. The maximum atomic E-state index is 13.1. The van der Waals surface area contributed by atoms with E-state index in [0.717, 1.165) is 5.56 Å². The average Bonchev–Trinajstić information content (AvgIpc) is 2.53. The molecule has 1 amide bonds. The molecule has 0 aliphatic heterocycles. The summed E-state index contributed by atoms with van der Waals surface area (Å²) >= 11 is 0. The molecule has 0 saturated carbocycles. The number of pyridine rings is 1. The van der Waals surface area contributed by atoms with E-state index in [1.54, 1.807) is 24.4 Å². The number of aliphatic hydroxyl groups excluding tert-OH is 1. The van der Waals surface area contributed by atoms with E-state index >= 15 is 0 Å². The first-order valence-electron chi connectivity index (χ1n) is 6.78. The van der Waals surface area contributed by atoms with E-state index in [0.29, 0.717) is 11.4 Å². The Morgan fingerprint density at radius 3 is 2.95 bits per heavy atom. The number of aromatic nitrogens is 1. The van der Waals surface area contributed by atoms with Crippen molar-refractivity contribution in [2.45, 2.75) is 19.1 Å². The van der Waals surface area contributed by atoms with Crippen molar-refractivity contribution in [2.24, 2.45) is 0 Å². The van der Waals surface area contributed by atoms with Crippen LogP contribution in [0.5, 0.6) is 5.88 Å². The van der Waals surface area contributed by atoms with Crippen molar-refractivity contribution in [3.63, 3.8) is 0 Å². The van der Waals surface area contributed by atoms with E-state index in [1.807, 2.05) is 0 Å². The van der Waals surface area contributed by atoms with E-state index in [9.17, 15) is 14.3 Å². The van der Waals surface area contributed by atoms with Gasteiger partial charge in [-0.2, -0.15) is 0 Å². The standard InChI is InChI=1S/C16H17FN2O3/c1-22-16-12(5-3-7-18-16)10-19-15(21)9-14(20)11-4-2-6-13(17)8-11/h2-8,14,20H,9-10H2,1H3,(H,19,21). The number of methoxy groups -OCH3 is 1. The molecule has 22 heavy (non-hydrogen) atoms. The number of nitrogens with zero attached hydrogens (tertiary/aromatic N) is 1. The maximum Gasteiger partial charge on any atom is 0.223 e. The zero-order chi connectivity index (χ0) is 15.9. The molecular weight excluding hydrogens is 287 g/mol. The van der Waals surface area contributed by atoms with Crippen molar-refractivity contribution in [3.8, 4) is 5.88 Å². The third-order valence-electron chi connectivity index (χ3n) is 3.13.